The molecule has 0 saturated carbocycles. The molecule has 0 unspecified atom stereocenters. The van der Waals surface area contributed by atoms with Gasteiger partial charge in [-0.25, -0.2) is 0 Å². The molecule has 18 heavy (non-hydrogen) atoms. The fourth-order valence-corrected chi connectivity index (χ4v) is 1.75. The summed E-state index contributed by atoms with van der Waals surface area (Å²) in [6.07, 6.45) is 0.442. The van der Waals surface area contributed by atoms with Crippen LogP contribution in [-0.2, 0) is 6.42 Å². The summed E-state index contributed by atoms with van der Waals surface area (Å²) in [4.78, 5) is 10.2. The predicted molar refractivity (Wildman–Crippen MR) is 65.8 cm³/mol. The topological polar surface area (TPSA) is 82.1 Å². The van der Waals surface area contributed by atoms with E-state index >= 15 is 0 Å². The third-order valence-electron chi connectivity index (χ3n) is 2.12. The summed E-state index contributed by atoms with van der Waals surface area (Å²) < 4.78 is 5.31. The summed E-state index contributed by atoms with van der Waals surface area (Å²) >= 11 is 11.3. The first-order valence-electron chi connectivity index (χ1n) is 4.94. The minimum atomic E-state index is -0.536. The average molecular weight is 288 g/mol. The third kappa shape index (κ3) is 2.77. The highest BCUT2D eigenvalue weighted by Crippen LogP contribution is 2.27. The van der Waals surface area contributed by atoms with Crippen LogP contribution in [0.5, 0.6) is 0 Å². The number of benzene rings is 1. The van der Waals surface area contributed by atoms with Gasteiger partial charge in [0, 0.05) is 35.0 Å². The van der Waals surface area contributed by atoms with E-state index in [1.165, 1.54) is 18.2 Å². The van der Waals surface area contributed by atoms with Crippen molar-refractivity contribution in [1.29, 1.82) is 0 Å². The molecule has 0 radical (unpaired) electrons. The van der Waals surface area contributed by atoms with E-state index in [1.54, 1.807) is 0 Å². The van der Waals surface area contributed by atoms with Gasteiger partial charge in [0.25, 0.3) is 5.69 Å². The fourth-order valence-electron chi connectivity index (χ4n) is 1.36. The van der Waals surface area contributed by atoms with Crippen LogP contribution in [0.4, 0.5) is 5.69 Å². The lowest BCUT2D eigenvalue weighted by molar-refractivity contribution is -0.384. The van der Waals surface area contributed by atoms with Crippen LogP contribution in [0.15, 0.2) is 22.6 Å². The van der Waals surface area contributed by atoms with Crippen LogP contribution in [0.2, 0.25) is 5.02 Å². The standard InChI is InChI=1S/C10H7Cl2N3O3/c11-2-1-9-13-14-10(18-9)6-3-7(12)5-8(4-6)15(16)17/h3-5H,1-2H2. The number of nitro groups is 1. The molecule has 94 valence electrons. The van der Waals surface area contributed by atoms with Crippen LogP contribution in [0.25, 0.3) is 11.5 Å². The molecule has 0 saturated heterocycles. The summed E-state index contributed by atoms with van der Waals surface area (Å²) in [5, 5.41) is 18.5. The monoisotopic (exact) mass is 287 g/mol. The van der Waals surface area contributed by atoms with Gasteiger partial charge in [0.2, 0.25) is 11.8 Å². The van der Waals surface area contributed by atoms with Gasteiger partial charge in [-0.15, -0.1) is 21.8 Å². The Morgan fingerprint density at radius 1 is 1.33 bits per heavy atom. The van der Waals surface area contributed by atoms with E-state index in [-0.39, 0.29) is 16.6 Å². The Hall–Kier alpha value is -1.66. The fraction of sp³-hybridized carbons (Fsp3) is 0.200. The zero-order valence-corrected chi connectivity index (χ0v) is 10.5. The van der Waals surface area contributed by atoms with Gasteiger partial charge < -0.3 is 4.42 Å². The van der Waals surface area contributed by atoms with Gasteiger partial charge in [-0.1, -0.05) is 11.6 Å². The lowest BCUT2D eigenvalue weighted by Crippen LogP contribution is -1.89. The van der Waals surface area contributed by atoms with E-state index in [9.17, 15) is 10.1 Å². The van der Waals surface area contributed by atoms with E-state index in [1.807, 2.05) is 0 Å². The molecule has 1 aromatic carbocycles. The summed E-state index contributed by atoms with van der Waals surface area (Å²) in [6, 6.07) is 4.09. The number of nitrogens with zero attached hydrogens (tertiary/aromatic N) is 3. The number of rotatable bonds is 4. The van der Waals surface area contributed by atoms with Gasteiger partial charge in [-0.3, -0.25) is 10.1 Å². The van der Waals surface area contributed by atoms with Crippen LogP contribution in [0.1, 0.15) is 5.89 Å². The van der Waals surface area contributed by atoms with Gasteiger partial charge in [-0.05, 0) is 6.07 Å². The summed E-state index contributed by atoms with van der Waals surface area (Å²) in [5.41, 5.74) is 0.275. The Labute approximate surface area is 112 Å². The van der Waals surface area contributed by atoms with Crippen molar-refractivity contribution in [3.63, 3.8) is 0 Å². The molecule has 0 amide bonds. The highest BCUT2D eigenvalue weighted by Gasteiger charge is 2.14. The van der Waals surface area contributed by atoms with E-state index in [4.69, 9.17) is 27.6 Å². The number of hydrogen-bond acceptors (Lipinski definition) is 5. The van der Waals surface area contributed by atoms with Crippen molar-refractivity contribution in [2.45, 2.75) is 6.42 Å². The Morgan fingerprint density at radius 2 is 2.11 bits per heavy atom. The molecule has 0 aliphatic heterocycles. The van der Waals surface area contributed by atoms with Gasteiger partial charge in [-0.2, -0.15) is 0 Å². The molecule has 0 aliphatic rings. The molecule has 0 aliphatic carbocycles. The smallest absolute Gasteiger partial charge is 0.271 e. The zero-order valence-electron chi connectivity index (χ0n) is 8.97. The first-order valence-corrected chi connectivity index (χ1v) is 5.85. The largest absolute Gasteiger partial charge is 0.421 e. The first kappa shape index (κ1) is 12.8. The first-order chi connectivity index (χ1) is 8.60. The van der Waals surface area contributed by atoms with Gasteiger partial charge in [0.1, 0.15) is 0 Å². The number of nitro benzene ring substituents is 1. The number of aromatic nitrogens is 2. The van der Waals surface area contributed by atoms with Gasteiger partial charge >= 0.3 is 0 Å². The molecule has 6 nitrogen and oxygen atoms in total. The quantitative estimate of drug-likeness (QED) is 0.490. The van der Waals surface area contributed by atoms with Crippen LogP contribution in [0, 0.1) is 10.1 Å². The van der Waals surface area contributed by atoms with Crippen molar-refractivity contribution in [2.24, 2.45) is 0 Å². The summed E-state index contributed by atoms with van der Waals surface area (Å²) in [7, 11) is 0. The minimum absolute atomic E-state index is 0.130. The van der Waals surface area contributed by atoms with E-state index in [2.05, 4.69) is 10.2 Å². The molecular formula is C10H7Cl2N3O3. The Balaban J connectivity index is 2.39. The number of non-ortho nitro benzene ring substituents is 1. The average Bonchev–Trinajstić information content (AvgIpc) is 2.77. The SMILES string of the molecule is O=[N+]([O-])c1cc(Cl)cc(-c2nnc(CCCl)o2)c1. The van der Waals surface area contributed by atoms with Crippen LogP contribution >= 0.6 is 23.2 Å². The maximum atomic E-state index is 10.7. The highest BCUT2D eigenvalue weighted by molar-refractivity contribution is 6.31. The second kappa shape index (κ2) is 5.32. The van der Waals surface area contributed by atoms with Crippen molar-refractivity contribution in [3.8, 4) is 11.5 Å². The highest BCUT2D eigenvalue weighted by atomic mass is 35.5. The molecular weight excluding hydrogens is 281 g/mol. The normalized spacial score (nSPS) is 10.6. The zero-order chi connectivity index (χ0) is 13.1. The molecule has 2 rings (SSSR count). The van der Waals surface area contributed by atoms with E-state index in [0.29, 0.717) is 23.8 Å². The van der Waals surface area contributed by atoms with E-state index in [0.717, 1.165) is 0 Å². The predicted octanol–water partition coefficient (Wildman–Crippen LogP) is 3.08. The van der Waals surface area contributed by atoms with Crippen LogP contribution in [-0.4, -0.2) is 21.0 Å². The number of alkyl halides is 1. The molecule has 2 aromatic rings. The number of halogens is 2. The third-order valence-corrected chi connectivity index (χ3v) is 2.52. The second-order valence-corrected chi connectivity index (χ2v) is 4.21. The molecule has 1 aromatic heterocycles. The Morgan fingerprint density at radius 3 is 2.78 bits per heavy atom. The molecule has 0 spiro atoms. The van der Waals surface area contributed by atoms with Crippen molar-refractivity contribution in [3.05, 3.63) is 39.2 Å². The molecule has 1 heterocycles. The van der Waals surface area contributed by atoms with Crippen molar-refractivity contribution >= 4 is 28.9 Å². The Kier molecular flexibility index (Phi) is 3.78. The van der Waals surface area contributed by atoms with Crippen molar-refractivity contribution in [1.82, 2.24) is 10.2 Å². The number of aryl methyl sites for hydroxylation is 1. The maximum Gasteiger partial charge on any atom is 0.271 e. The molecule has 0 bridgehead atoms. The molecule has 0 atom stereocenters. The second-order valence-electron chi connectivity index (χ2n) is 3.40. The minimum Gasteiger partial charge on any atom is -0.421 e. The van der Waals surface area contributed by atoms with Crippen molar-refractivity contribution < 1.29 is 9.34 Å². The van der Waals surface area contributed by atoms with Crippen LogP contribution < -0.4 is 0 Å². The lowest BCUT2D eigenvalue weighted by atomic mass is 10.2. The lowest BCUT2D eigenvalue weighted by Gasteiger charge is -1.97. The molecule has 8 heteroatoms. The molecule has 0 N–H and O–H groups in total. The Bertz CT molecular complexity index is 585. The summed E-state index contributed by atoms with van der Waals surface area (Å²) in [6.45, 7) is 0. The van der Waals surface area contributed by atoms with Crippen LogP contribution in [0.3, 0.4) is 0 Å². The van der Waals surface area contributed by atoms with Gasteiger partial charge in [0.05, 0.1) is 4.92 Å². The van der Waals surface area contributed by atoms with Gasteiger partial charge in [0.15, 0.2) is 0 Å². The van der Waals surface area contributed by atoms with Crippen molar-refractivity contribution in [2.75, 3.05) is 5.88 Å². The number of hydrogen-bond donors (Lipinski definition) is 0. The maximum absolute atomic E-state index is 10.7. The van der Waals surface area contributed by atoms with E-state index < -0.39 is 4.92 Å². The summed E-state index contributed by atoms with van der Waals surface area (Å²) in [5.74, 6) is 0.917. The molecule has 0 fully saturated rings.